The molecule has 94 valence electrons. The van der Waals surface area contributed by atoms with Gasteiger partial charge in [-0.15, -0.1) is 0 Å². The van der Waals surface area contributed by atoms with Crippen molar-refractivity contribution in [1.82, 2.24) is 5.32 Å². The summed E-state index contributed by atoms with van der Waals surface area (Å²) < 4.78 is 5.19. The summed E-state index contributed by atoms with van der Waals surface area (Å²) >= 11 is 0. The maximum Gasteiger partial charge on any atom is 0.220 e. The maximum atomic E-state index is 11.5. The fraction of sp³-hybridized carbons (Fsp3) is 0.462. The van der Waals surface area contributed by atoms with Crippen LogP contribution >= 0.6 is 0 Å². The molecule has 17 heavy (non-hydrogen) atoms. The van der Waals surface area contributed by atoms with Crippen molar-refractivity contribution in [2.45, 2.75) is 25.8 Å². The minimum Gasteiger partial charge on any atom is -0.496 e. The molecular weight excluding hydrogens is 218 g/mol. The lowest BCUT2D eigenvalue weighted by Crippen LogP contribution is -2.22. The number of aliphatic hydroxyl groups is 1. The Morgan fingerprint density at radius 3 is 2.82 bits per heavy atom. The van der Waals surface area contributed by atoms with Crippen molar-refractivity contribution in [3.05, 3.63) is 29.8 Å². The SMILES string of the molecule is COc1ccccc1CNC(=O)CCCCO. The molecule has 0 aliphatic heterocycles. The molecule has 4 nitrogen and oxygen atoms in total. The number of nitrogens with one attached hydrogen (secondary N) is 1. The van der Waals surface area contributed by atoms with E-state index in [1.807, 2.05) is 24.3 Å². The van der Waals surface area contributed by atoms with Crippen LogP contribution in [0.4, 0.5) is 0 Å². The van der Waals surface area contributed by atoms with Gasteiger partial charge >= 0.3 is 0 Å². The highest BCUT2D eigenvalue weighted by molar-refractivity contribution is 5.75. The van der Waals surface area contributed by atoms with Crippen LogP contribution in [-0.4, -0.2) is 24.7 Å². The van der Waals surface area contributed by atoms with E-state index in [-0.39, 0.29) is 12.5 Å². The molecule has 0 unspecified atom stereocenters. The van der Waals surface area contributed by atoms with Crippen molar-refractivity contribution < 1.29 is 14.6 Å². The van der Waals surface area contributed by atoms with Gasteiger partial charge in [-0.25, -0.2) is 0 Å². The lowest BCUT2D eigenvalue weighted by Gasteiger charge is -2.09. The van der Waals surface area contributed by atoms with Gasteiger partial charge in [0.05, 0.1) is 7.11 Å². The van der Waals surface area contributed by atoms with Gasteiger partial charge in [0.1, 0.15) is 5.75 Å². The number of carbonyl (C=O) groups is 1. The van der Waals surface area contributed by atoms with Gasteiger partial charge in [0, 0.05) is 25.1 Å². The van der Waals surface area contributed by atoms with E-state index in [1.165, 1.54) is 0 Å². The van der Waals surface area contributed by atoms with E-state index in [1.54, 1.807) is 7.11 Å². The van der Waals surface area contributed by atoms with Crippen molar-refractivity contribution >= 4 is 5.91 Å². The first-order valence-electron chi connectivity index (χ1n) is 5.77. The third-order valence-corrected chi connectivity index (χ3v) is 2.48. The third-order valence-electron chi connectivity index (χ3n) is 2.48. The normalized spacial score (nSPS) is 10.0. The summed E-state index contributed by atoms with van der Waals surface area (Å²) in [7, 11) is 1.61. The summed E-state index contributed by atoms with van der Waals surface area (Å²) in [6.07, 6.45) is 1.84. The van der Waals surface area contributed by atoms with E-state index in [2.05, 4.69) is 5.32 Å². The monoisotopic (exact) mass is 237 g/mol. The van der Waals surface area contributed by atoms with E-state index >= 15 is 0 Å². The molecule has 0 aliphatic rings. The van der Waals surface area contributed by atoms with Gasteiger partial charge in [-0.3, -0.25) is 4.79 Å². The summed E-state index contributed by atoms with van der Waals surface area (Å²) in [6.45, 7) is 0.613. The van der Waals surface area contributed by atoms with Crippen LogP contribution in [0.5, 0.6) is 5.75 Å². The maximum absolute atomic E-state index is 11.5. The van der Waals surface area contributed by atoms with Crippen LogP contribution in [0.2, 0.25) is 0 Å². The van der Waals surface area contributed by atoms with Gasteiger partial charge in [0.2, 0.25) is 5.91 Å². The third kappa shape index (κ3) is 4.87. The molecule has 2 N–H and O–H groups in total. The highest BCUT2D eigenvalue weighted by atomic mass is 16.5. The molecule has 4 heteroatoms. The zero-order chi connectivity index (χ0) is 12.5. The van der Waals surface area contributed by atoms with Gasteiger partial charge in [0.25, 0.3) is 0 Å². The highest BCUT2D eigenvalue weighted by Crippen LogP contribution is 2.16. The number of rotatable bonds is 7. The second-order valence-corrected chi connectivity index (χ2v) is 3.77. The van der Waals surface area contributed by atoms with Crippen LogP contribution in [0.1, 0.15) is 24.8 Å². The summed E-state index contributed by atoms with van der Waals surface area (Å²) in [4.78, 5) is 11.5. The lowest BCUT2D eigenvalue weighted by molar-refractivity contribution is -0.121. The van der Waals surface area contributed by atoms with Crippen LogP contribution in [0.15, 0.2) is 24.3 Å². The van der Waals surface area contributed by atoms with Crippen LogP contribution in [0.3, 0.4) is 0 Å². The summed E-state index contributed by atoms with van der Waals surface area (Å²) in [5.74, 6) is 0.785. The topological polar surface area (TPSA) is 58.6 Å². The Morgan fingerprint density at radius 1 is 1.35 bits per heavy atom. The minimum atomic E-state index is 0.00403. The first-order chi connectivity index (χ1) is 8.27. The molecule has 0 bridgehead atoms. The van der Waals surface area contributed by atoms with Crippen molar-refractivity contribution in [2.24, 2.45) is 0 Å². The predicted molar refractivity (Wildman–Crippen MR) is 65.8 cm³/mol. The number of ether oxygens (including phenoxy) is 1. The van der Waals surface area contributed by atoms with E-state index in [0.717, 1.165) is 11.3 Å². The number of unbranched alkanes of at least 4 members (excludes halogenated alkanes) is 1. The zero-order valence-electron chi connectivity index (χ0n) is 10.1. The lowest BCUT2D eigenvalue weighted by atomic mass is 10.2. The molecule has 0 saturated heterocycles. The Balaban J connectivity index is 2.36. The fourth-order valence-electron chi connectivity index (χ4n) is 1.53. The zero-order valence-corrected chi connectivity index (χ0v) is 10.1. The quantitative estimate of drug-likeness (QED) is 0.706. The average molecular weight is 237 g/mol. The molecule has 1 rings (SSSR count). The highest BCUT2D eigenvalue weighted by Gasteiger charge is 2.04. The number of carbonyl (C=O) groups excluding carboxylic acids is 1. The molecule has 1 aromatic carbocycles. The number of aliphatic hydroxyl groups excluding tert-OH is 1. The van der Waals surface area contributed by atoms with Crippen molar-refractivity contribution in [3.8, 4) is 5.75 Å². The summed E-state index contributed by atoms with van der Waals surface area (Å²) in [5, 5.41) is 11.4. The van der Waals surface area contributed by atoms with Crippen LogP contribution in [0, 0.1) is 0 Å². The largest absolute Gasteiger partial charge is 0.496 e. The Morgan fingerprint density at radius 2 is 2.12 bits per heavy atom. The Bertz CT molecular complexity index is 352. The van der Waals surface area contributed by atoms with E-state index < -0.39 is 0 Å². The molecule has 0 saturated carbocycles. The molecular formula is C13H19NO3. The van der Waals surface area contributed by atoms with E-state index in [0.29, 0.717) is 25.8 Å². The van der Waals surface area contributed by atoms with Gasteiger partial charge in [0.15, 0.2) is 0 Å². The predicted octanol–water partition coefficient (Wildman–Crippen LogP) is 1.47. The van der Waals surface area contributed by atoms with Crippen molar-refractivity contribution in [2.75, 3.05) is 13.7 Å². The Kier molecular flexibility index (Phi) is 6.10. The van der Waals surface area contributed by atoms with Gasteiger partial charge < -0.3 is 15.2 Å². The molecule has 0 fully saturated rings. The number of hydrogen-bond donors (Lipinski definition) is 2. The number of hydrogen-bond acceptors (Lipinski definition) is 3. The molecule has 0 aromatic heterocycles. The molecule has 1 aromatic rings. The van der Waals surface area contributed by atoms with Gasteiger partial charge in [-0.1, -0.05) is 18.2 Å². The first kappa shape index (κ1) is 13.5. The minimum absolute atomic E-state index is 0.00403. The second-order valence-electron chi connectivity index (χ2n) is 3.77. The van der Waals surface area contributed by atoms with Crippen molar-refractivity contribution in [3.63, 3.8) is 0 Å². The fourth-order valence-corrected chi connectivity index (χ4v) is 1.53. The molecule has 0 aliphatic carbocycles. The molecule has 0 heterocycles. The molecule has 1 amide bonds. The Labute approximate surface area is 102 Å². The molecule has 0 atom stereocenters. The average Bonchev–Trinajstić information content (AvgIpc) is 2.37. The number of methoxy groups -OCH3 is 1. The van der Waals surface area contributed by atoms with Crippen molar-refractivity contribution in [1.29, 1.82) is 0 Å². The number of benzene rings is 1. The molecule has 0 radical (unpaired) electrons. The molecule has 0 spiro atoms. The van der Waals surface area contributed by atoms with Crippen LogP contribution < -0.4 is 10.1 Å². The second kappa shape index (κ2) is 7.68. The van der Waals surface area contributed by atoms with Crippen LogP contribution in [0.25, 0.3) is 0 Å². The van der Waals surface area contributed by atoms with E-state index in [4.69, 9.17) is 9.84 Å². The Hall–Kier alpha value is -1.55. The first-order valence-corrected chi connectivity index (χ1v) is 5.77. The van der Waals surface area contributed by atoms with Crippen LogP contribution in [-0.2, 0) is 11.3 Å². The number of amides is 1. The summed E-state index contributed by atoms with van der Waals surface area (Å²) in [5.41, 5.74) is 0.963. The summed E-state index contributed by atoms with van der Waals surface area (Å²) in [6, 6.07) is 7.60. The number of para-hydroxylation sites is 1. The smallest absolute Gasteiger partial charge is 0.220 e. The standard InChI is InChI=1S/C13H19NO3/c1-17-12-7-3-2-6-11(12)10-14-13(16)8-4-5-9-15/h2-3,6-7,15H,4-5,8-10H2,1H3,(H,14,16). The van der Waals surface area contributed by atoms with Gasteiger partial charge in [-0.2, -0.15) is 0 Å². The van der Waals surface area contributed by atoms with E-state index in [9.17, 15) is 4.79 Å². The van der Waals surface area contributed by atoms with Gasteiger partial charge in [-0.05, 0) is 18.9 Å².